The fraction of sp³-hybridized carbons (Fsp3) is 0.867. The molecule has 2 heterocycles. The topological polar surface area (TPSA) is 110 Å². The van der Waals surface area contributed by atoms with Gasteiger partial charge in [0.15, 0.2) is 11.3 Å². The molecule has 0 bridgehead atoms. The Morgan fingerprint density at radius 3 is 2.92 bits per heavy atom. The van der Waals surface area contributed by atoms with Crippen LogP contribution in [0.4, 0.5) is 0 Å². The summed E-state index contributed by atoms with van der Waals surface area (Å²) >= 11 is 1.36. The van der Waals surface area contributed by atoms with Crippen molar-refractivity contribution in [2.75, 3.05) is 26.4 Å². The minimum atomic E-state index is -1.09. The Balaban J connectivity index is 1.92. The fourth-order valence-electron chi connectivity index (χ4n) is 2.58. The molecule has 24 heavy (non-hydrogen) atoms. The normalized spacial score (nSPS) is 34.0. The van der Waals surface area contributed by atoms with Crippen molar-refractivity contribution in [1.29, 1.82) is 0 Å². The molecule has 3 N–H and O–H groups in total. The maximum Gasteiger partial charge on any atom is 0.303 e. The van der Waals surface area contributed by atoms with E-state index in [1.807, 2.05) is 0 Å². The highest BCUT2D eigenvalue weighted by atomic mass is 32.2. The van der Waals surface area contributed by atoms with Gasteiger partial charge < -0.3 is 29.7 Å². The molecule has 0 unspecified atom stereocenters. The Labute approximate surface area is 145 Å². The second kappa shape index (κ2) is 9.57. The van der Waals surface area contributed by atoms with E-state index in [1.165, 1.54) is 18.7 Å². The second-order valence-electron chi connectivity index (χ2n) is 5.73. The predicted octanol–water partition coefficient (Wildman–Crippen LogP) is -0.126. The first kappa shape index (κ1) is 19.5. The first-order valence-electron chi connectivity index (χ1n) is 8.23. The van der Waals surface area contributed by atoms with Crippen LogP contribution in [-0.4, -0.2) is 77.5 Å². The number of aliphatic hydroxyl groups excluding tert-OH is 2. The highest BCUT2D eigenvalue weighted by Gasteiger charge is 2.51. The van der Waals surface area contributed by atoms with Gasteiger partial charge in [0, 0.05) is 13.5 Å². The van der Waals surface area contributed by atoms with Gasteiger partial charge in [0.1, 0.15) is 23.7 Å². The van der Waals surface area contributed by atoms with Crippen LogP contribution in [0, 0.1) is 0 Å². The van der Waals surface area contributed by atoms with E-state index in [4.69, 9.17) is 14.2 Å². The van der Waals surface area contributed by atoms with Gasteiger partial charge in [0.2, 0.25) is 0 Å². The SMILES string of the molecule is CCCCOCCN=C1N[C@@H]2[C@@H](OC(C)=O)[C@H](O)[C@@H](CO)O[C@@H]2S1. The number of aliphatic hydroxyl groups is 2. The van der Waals surface area contributed by atoms with Crippen LogP contribution in [0.2, 0.25) is 0 Å². The third-order valence-electron chi connectivity index (χ3n) is 3.81. The molecule has 138 valence electrons. The summed E-state index contributed by atoms with van der Waals surface area (Å²) in [5.74, 6) is -0.488. The molecule has 0 aliphatic carbocycles. The highest BCUT2D eigenvalue weighted by Crippen LogP contribution is 2.35. The zero-order chi connectivity index (χ0) is 17.5. The number of thioether (sulfide) groups is 1. The number of hydrogen-bond donors (Lipinski definition) is 3. The van der Waals surface area contributed by atoms with Crippen molar-refractivity contribution in [3.8, 4) is 0 Å². The monoisotopic (exact) mass is 362 g/mol. The number of carbonyl (C=O) groups is 1. The van der Waals surface area contributed by atoms with E-state index < -0.39 is 30.3 Å². The van der Waals surface area contributed by atoms with Gasteiger partial charge in [-0.25, -0.2) is 0 Å². The maximum absolute atomic E-state index is 11.3. The summed E-state index contributed by atoms with van der Waals surface area (Å²) in [6, 6.07) is -0.406. The number of nitrogens with one attached hydrogen (secondary N) is 1. The number of ether oxygens (including phenoxy) is 3. The Morgan fingerprint density at radius 2 is 2.25 bits per heavy atom. The summed E-state index contributed by atoms with van der Waals surface area (Å²) in [4.78, 5) is 15.7. The van der Waals surface area contributed by atoms with E-state index >= 15 is 0 Å². The number of amidine groups is 1. The van der Waals surface area contributed by atoms with Gasteiger partial charge in [-0.3, -0.25) is 9.79 Å². The molecule has 0 saturated carbocycles. The van der Waals surface area contributed by atoms with Crippen molar-refractivity contribution in [2.45, 2.75) is 56.5 Å². The molecule has 2 aliphatic heterocycles. The van der Waals surface area contributed by atoms with Crippen molar-refractivity contribution in [1.82, 2.24) is 5.32 Å². The van der Waals surface area contributed by atoms with E-state index in [0.29, 0.717) is 18.3 Å². The van der Waals surface area contributed by atoms with E-state index in [2.05, 4.69) is 17.2 Å². The zero-order valence-corrected chi connectivity index (χ0v) is 14.8. The van der Waals surface area contributed by atoms with E-state index in [1.54, 1.807) is 0 Å². The van der Waals surface area contributed by atoms with Crippen molar-refractivity contribution in [3.63, 3.8) is 0 Å². The Bertz CT molecular complexity index is 450. The maximum atomic E-state index is 11.3. The number of nitrogens with zero attached hydrogens (tertiary/aromatic N) is 1. The van der Waals surface area contributed by atoms with Crippen molar-refractivity contribution >= 4 is 22.9 Å². The molecule has 2 saturated heterocycles. The Kier molecular flexibility index (Phi) is 7.76. The summed E-state index contributed by atoms with van der Waals surface area (Å²) in [5, 5.41) is 23.4. The number of carbonyl (C=O) groups excluding carboxylic acids is 1. The van der Waals surface area contributed by atoms with E-state index in [0.717, 1.165) is 19.4 Å². The number of rotatable bonds is 8. The van der Waals surface area contributed by atoms with Gasteiger partial charge in [-0.15, -0.1) is 0 Å². The molecule has 8 nitrogen and oxygen atoms in total. The third kappa shape index (κ3) is 5.06. The van der Waals surface area contributed by atoms with Crippen molar-refractivity contribution in [2.24, 2.45) is 4.99 Å². The lowest BCUT2D eigenvalue weighted by atomic mass is 9.98. The minimum absolute atomic E-state index is 0.347. The lowest BCUT2D eigenvalue weighted by Gasteiger charge is -2.39. The van der Waals surface area contributed by atoms with Gasteiger partial charge in [-0.1, -0.05) is 25.1 Å². The van der Waals surface area contributed by atoms with Crippen LogP contribution in [0.25, 0.3) is 0 Å². The summed E-state index contributed by atoms with van der Waals surface area (Å²) in [7, 11) is 0. The molecular weight excluding hydrogens is 336 g/mol. The minimum Gasteiger partial charge on any atom is -0.457 e. The fourth-order valence-corrected chi connectivity index (χ4v) is 3.74. The molecule has 0 aromatic carbocycles. The van der Waals surface area contributed by atoms with Gasteiger partial charge in [-0.05, 0) is 6.42 Å². The van der Waals surface area contributed by atoms with Crippen LogP contribution >= 0.6 is 11.8 Å². The number of aliphatic imine (C=N–C) groups is 1. The zero-order valence-electron chi connectivity index (χ0n) is 14.0. The molecule has 0 radical (unpaired) electrons. The summed E-state index contributed by atoms with van der Waals surface area (Å²) < 4.78 is 16.4. The van der Waals surface area contributed by atoms with Crippen LogP contribution in [-0.2, 0) is 19.0 Å². The molecule has 0 spiro atoms. The number of unbranched alkanes of at least 4 members (excludes halogenated alkanes) is 1. The van der Waals surface area contributed by atoms with Crippen LogP contribution < -0.4 is 5.32 Å². The second-order valence-corrected chi connectivity index (χ2v) is 6.82. The predicted molar refractivity (Wildman–Crippen MR) is 89.9 cm³/mol. The molecular formula is C15H26N2O6S. The average molecular weight is 362 g/mol. The van der Waals surface area contributed by atoms with Gasteiger partial charge in [0.05, 0.1) is 19.8 Å². The van der Waals surface area contributed by atoms with Gasteiger partial charge >= 0.3 is 5.97 Å². The lowest BCUT2D eigenvalue weighted by Crippen LogP contribution is -2.61. The third-order valence-corrected chi connectivity index (χ3v) is 4.91. The smallest absolute Gasteiger partial charge is 0.303 e. The first-order valence-corrected chi connectivity index (χ1v) is 9.11. The average Bonchev–Trinajstić information content (AvgIpc) is 2.95. The standard InChI is InChI=1S/C15H26N2O6S/c1-3-4-6-21-7-5-16-15-17-11-13(22-9(2)19)12(20)10(8-18)23-14(11)24-15/h10-14,18,20H,3-8H2,1-2H3,(H,16,17)/t10-,11-,12-,13-,14-/m1/s1. The van der Waals surface area contributed by atoms with E-state index in [9.17, 15) is 15.0 Å². The van der Waals surface area contributed by atoms with Crippen LogP contribution in [0.3, 0.4) is 0 Å². The van der Waals surface area contributed by atoms with Gasteiger partial charge in [-0.2, -0.15) is 0 Å². The molecule has 0 aromatic rings. The summed E-state index contributed by atoms with van der Waals surface area (Å²) in [5.41, 5.74) is -0.380. The first-order chi connectivity index (χ1) is 11.6. The highest BCUT2D eigenvalue weighted by molar-refractivity contribution is 8.14. The number of esters is 1. The van der Waals surface area contributed by atoms with Crippen molar-refractivity contribution in [3.05, 3.63) is 0 Å². The molecule has 2 fully saturated rings. The van der Waals surface area contributed by atoms with Crippen molar-refractivity contribution < 1.29 is 29.2 Å². The van der Waals surface area contributed by atoms with Crippen LogP contribution in [0.1, 0.15) is 26.7 Å². The molecule has 9 heteroatoms. The molecule has 5 atom stereocenters. The molecule has 0 aromatic heterocycles. The lowest BCUT2D eigenvalue weighted by molar-refractivity contribution is -0.191. The van der Waals surface area contributed by atoms with E-state index in [-0.39, 0.29) is 12.0 Å². The largest absolute Gasteiger partial charge is 0.457 e. The van der Waals surface area contributed by atoms with Crippen LogP contribution in [0.5, 0.6) is 0 Å². The Morgan fingerprint density at radius 1 is 1.46 bits per heavy atom. The van der Waals surface area contributed by atoms with Gasteiger partial charge in [0.25, 0.3) is 0 Å². The number of hydrogen-bond acceptors (Lipinski definition) is 8. The molecule has 2 aliphatic rings. The molecule has 0 amide bonds. The summed E-state index contributed by atoms with van der Waals surface area (Å²) in [6.45, 7) is 4.84. The molecule has 2 rings (SSSR count). The quantitative estimate of drug-likeness (QED) is 0.405. The number of fused-ring (bicyclic) bond motifs is 1. The van der Waals surface area contributed by atoms with Crippen LogP contribution in [0.15, 0.2) is 4.99 Å². The summed E-state index contributed by atoms with van der Waals surface area (Å²) in [6.07, 6.45) is -0.545. The Hall–Kier alpha value is -0.870.